The highest BCUT2D eigenvalue weighted by Crippen LogP contribution is 2.30. The van der Waals surface area contributed by atoms with Crippen LogP contribution in [0.3, 0.4) is 0 Å². The van der Waals surface area contributed by atoms with E-state index in [1.807, 2.05) is 31.2 Å². The zero-order valence-corrected chi connectivity index (χ0v) is 16.9. The van der Waals surface area contributed by atoms with E-state index in [0.29, 0.717) is 24.2 Å². The third-order valence-electron chi connectivity index (χ3n) is 5.02. The number of nitrogens with one attached hydrogen (secondary N) is 1. The summed E-state index contributed by atoms with van der Waals surface area (Å²) < 4.78 is 26.8. The van der Waals surface area contributed by atoms with Crippen molar-refractivity contribution in [3.8, 4) is 5.69 Å². The second kappa shape index (κ2) is 7.32. The lowest BCUT2D eigenvalue weighted by atomic mass is 10.1. The summed E-state index contributed by atoms with van der Waals surface area (Å²) in [5.74, 6) is -0.196. The van der Waals surface area contributed by atoms with Gasteiger partial charge in [-0.2, -0.15) is 5.10 Å². The van der Waals surface area contributed by atoms with E-state index in [-0.39, 0.29) is 11.9 Å². The van der Waals surface area contributed by atoms with Gasteiger partial charge in [-0.25, -0.2) is 18.1 Å². The number of hydrogen-bond donors (Lipinski definition) is 1. The van der Waals surface area contributed by atoms with Gasteiger partial charge in [0.05, 0.1) is 23.7 Å². The van der Waals surface area contributed by atoms with Gasteiger partial charge in [0.25, 0.3) is 5.91 Å². The van der Waals surface area contributed by atoms with Crippen LogP contribution in [0.2, 0.25) is 0 Å². The van der Waals surface area contributed by atoms with Gasteiger partial charge < -0.3 is 5.32 Å². The van der Waals surface area contributed by atoms with E-state index < -0.39 is 10.0 Å². The minimum Gasteiger partial charge on any atom is -0.346 e. The molecule has 1 aliphatic heterocycles. The van der Waals surface area contributed by atoms with Crippen molar-refractivity contribution in [2.45, 2.75) is 19.4 Å². The van der Waals surface area contributed by atoms with Gasteiger partial charge >= 0.3 is 0 Å². The molecule has 9 heteroatoms. The lowest BCUT2D eigenvalue weighted by Gasteiger charge is -2.17. The fourth-order valence-corrected chi connectivity index (χ4v) is 4.44. The van der Waals surface area contributed by atoms with E-state index in [4.69, 9.17) is 0 Å². The summed E-state index contributed by atoms with van der Waals surface area (Å²) in [5.41, 5.74) is 3.89. The highest BCUT2D eigenvalue weighted by Gasteiger charge is 2.27. The van der Waals surface area contributed by atoms with Crippen LogP contribution in [0.25, 0.3) is 5.69 Å². The van der Waals surface area contributed by atoms with Crippen molar-refractivity contribution in [3.63, 3.8) is 0 Å². The molecule has 1 amide bonds. The molecular formula is C20H21N5O3S. The Balaban J connectivity index is 1.47. The Morgan fingerprint density at radius 3 is 2.59 bits per heavy atom. The molecule has 1 N–H and O–H groups in total. The smallest absolute Gasteiger partial charge is 0.251 e. The van der Waals surface area contributed by atoms with Crippen LogP contribution in [-0.2, 0) is 16.4 Å². The predicted molar refractivity (Wildman–Crippen MR) is 110 cm³/mol. The number of benzene rings is 2. The van der Waals surface area contributed by atoms with Gasteiger partial charge in [-0.3, -0.25) is 9.10 Å². The first-order valence-electron chi connectivity index (χ1n) is 9.19. The number of rotatable bonds is 5. The summed E-state index contributed by atoms with van der Waals surface area (Å²) in [6.45, 7) is 2.33. The maximum atomic E-state index is 12.7. The van der Waals surface area contributed by atoms with Crippen molar-refractivity contribution in [3.05, 3.63) is 71.8 Å². The summed E-state index contributed by atoms with van der Waals surface area (Å²) in [5, 5.41) is 7.09. The predicted octanol–water partition coefficient (Wildman–Crippen LogP) is 2.08. The van der Waals surface area contributed by atoms with Crippen LogP contribution >= 0.6 is 0 Å². The third kappa shape index (κ3) is 3.86. The van der Waals surface area contributed by atoms with Crippen LogP contribution in [0.1, 0.15) is 34.5 Å². The SMILES string of the molecule is CC(NC(=O)c1ccc2c(c1)CCN2S(C)(=O)=O)c1ccc(-n2cncn2)cc1. The Hall–Kier alpha value is -3.20. The van der Waals surface area contributed by atoms with Crippen molar-refractivity contribution in [2.75, 3.05) is 17.1 Å². The number of carbonyl (C=O) groups is 1. The molecule has 1 aromatic heterocycles. The number of aromatic nitrogens is 3. The molecule has 1 atom stereocenters. The second-order valence-electron chi connectivity index (χ2n) is 7.06. The summed E-state index contributed by atoms with van der Waals surface area (Å²) in [6, 6.07) is 12.7. The van der Waals surface area contributed by atoms with E-state index in [1.165, 1.54) is 16.9 Å². The van der Waals surface area contributed by atoms with Crippen molar-refractivity contribution < 1.29 is 13.2 Å². The maximum Gasteiger partial charge on any atom is 0.251 e. The molecule has 0 spiro atoms. The molecule has 0 radical (unpaired) electrons. The molecule has 0 saturated heterocycles. The molecule has 2 aromatic carbocycles. The largest absolute Gasteiger partial charge is 0.346 e. The maximum absolute atomic E-state index is 12.7. The molecule has 0 fully saturated rings. The minimum atomic E-state index is -3.30. The molecule has 4 rings (SSSR count). The fourth-order valence-electron chi connectivity index (χ4n) is 3.48. The minimum absolute atomic E-state index is 0.187. The molecule has 1 unspecified atom stereocenters. The first-order chi connectivity index (χ1) is 13.8. The first-order valence-corrected chi connectivity index (χ1v) is 11.0. The van der Waals surface area contributed by atoms with Crippen LogP contribution in [0.4, 0.5) is 5.69 Å². The molecule has 8 nitrogen and oxygen atoms in total. The van der Waals surface area contributed by atoms with Gasteiger partial charge in [0.2, 0.25) is 10.0 Å². The number of amides is 1. The van der Waals surface area contributed by atoms with Gasteiger partial charge in [0, 0.05) is 12.1 Å². The first kappa shape index (κ1) is 19.1. The second-order valence-corrected chi connectivity index (χ2v) is 8.96. The summed E-state index contributed by atoms with van der Waals surface area (Å²) in [7, 11) is -3.30. The number of sulfonamides is 1. The monoisotopic (exact) mass is 411 g/mol. The number of hydrogen-bond acceptors (Lipinski definition) is 5. The van der Waals surface area contributed by atoms with E-state index in [2.05, 4.69) is 15.4 Å². The molecule has 0 saturated carbocycles. The number of fused-ring (bicyclic) bond motifs is 1. The van der Waals surface area contributed by atoms with Gasteiger partial charge in [-0.05, 0) is 54.8 Å². The molecule has 1 aliphatic rings. The van der Waals surface area contributed by atoms with E-state index >= 15 is 0 Å². The number of carbonyl (C=O) groups excluding carboxylic acids is 1. The van der Waals surface area contributed by atoms with Crippen LogP contribution in [0.15, 0.2) is 55.1 Å². The van der Waals surface area contributed by atoms with Gasteiger partial charge in [-0.1, -0.05) is 12.1 Å². The Morgan fingerprint density at radius 1 is 1.17 bits per heavy atom. The molecule has 0 bridgehead atoms. The number of anilines is 1. The van der Waals surface area contributed by atoms with Crippen molar-refractivity contribution in [2.24, 2.45) is 0 Å². The topological polar surface area (TPSA) is 97.2 Å². The molecule has 29 heavy (non-hydrogen) atoms. The van der Waals surface area contributed by atoms with Crippen LogP contribution in [0.5, 0.6) is 0 Å². The highest BCUT2D eigenvalue weighted by molar-refractivity contribution is 7.92. The lowest BCUT2D eigenvalue weighted by Crippen LogP contribution is -2.28. The Morgan fingerprint density at radius 2 is 1.93 bits per heavy atom. The highest BCUT2D eigenvalue weighted by atomic mass is 32.2. The Bertz CT molecular complexity index is 1140. The van der Waals surface area contributed by atoms with Gasteiger partial charge in [-0.15, -0.1) is 0 Å². The van der Waals surface area contributed by atoms with E-state index in [0.717, 1.165) is 16.8 Å². The zero-order valence-electron chi connectivity index (χ0n) is 16.1. The Kier molecular flexibility index (Phi) is 4.83. The molecule has 2 heterocycles. The van der Waals surface area contributed by atoms with Gasteiger partial charge in [0.15, 0.2) is 0 Å². The van der Waals surface area contributed by atoms with Crippen LogP contribution in [-0.4, -0.2) is 41.9 Å². The third-order valence-corrected chi connectivity index (χ3v) is 6.20. The Labute approximate surface area is 169 Å². The van der Waals surface area contributed by atoms with Crippen LogP contribution < -0.4 is 9.62 Å². The van der Waals surface area contributed by atoms with Crippen molar-refractivity contribution >= 4 is 21.6 Å². The van der Waals surface area contributed by atoms with E-state index in [1.54, 1.807) is 29.2 Å². The standard InChI is InChI=1S/C20H21N5O3S/c1-14(15-3-6-18(7-4-15)24-13-21-12-22-24)23-20(26)17-5-8-19-16(11-17)9-10-25(19)29(2,27)28/h3-8,11-14H,9-10H2,1-2H3,(H,23,26). The van der Waals surface area contributed by atoms with E-state index in [9.17, 15) is 13.2 Å². The fraction of sp³-hybridized carbons (Fsp3) is 0.250. The average molecular weight is 411 g/mol. The number of nitrogens with zero attached hydrogens (tertiary/aromatic N) is 4. The molecule has 150 valence electrons. The van der Waals surface area contributed by atoms with Crippen LogP contribution in [0, 0.1) is 0 Å². The summed E-state index contributed by atoms with van der Waals surface area (Å²) in [6.07, 6.45) is 4.89. The summed E-state index contributed by atoms with van der Waals surface area (Å²) >= 11 is 0. The van der Waals surface area contributed by atoms with Crippen molar-refractivity contribution in [1.82, 2.24) is 20.1 Å². The lowest BCUT2D eigenvalue weighted by molar-refractivity contribution is 0.0940. The zero-order chi connectivity index (χ0) is 20.6. The molecular weight excluding hydrogens is 390 g/mol. The normalized spacial score (nSPS) is 14.5. The molecule has 3 aromatic rings. The average Bonchev–Trinajstić information content (AvgIpc) is 3.37. The van der Waals surface area contributed by atoms with Gasteiger partial charge in [0.1, 0.15) is 12.7 Å². The molecule has 0 aliphatic carbocycles. The van der Waals surface area contributed by atoms with Crippen molar-refractivity contribution in [1.29, 1.82) is 0 Å². The quantitative estimate of drug-likeness (QED) is 0.693. The summed E-state index contributed by atoms with van der Waals surface area (Å²) in [4.78, 5) is 16.6.